The Morgan fingerprint density at radius 1 is 0.917 bits per heavy atom. The van der Waals surface area contributed by atoms with Crippen molar-refractivity contribution in [2.45, 2.75) is 51.2 Å². The molecule has 3 aliphatic heterocycles. The lowest BCUT2D eigenvalue weighted by Gasteiger charge is -2.33. The van der Waals surface area contributed by atoms with E-state index >= 15 is 0 Å². The number of pyridine rings is 1. The highest BCUT2D eigenvalue weighted by atomic mass is 15.2. The Bertz CT molecular complexity index is 1400. The molecule has 8 heteroatoms. The van der Waals surface area contributed by atoms with Gasteiger partial charge in [0.2, 0.25) is 0 Å². The van der Waals surface area contributed by atoms with E-state index in [9.17, 15) is 0 Å². The number of nitrogens with one attached hydrogen (secondary N) is 2. The summed E-state index contributed by atoms with van der Waals surface area (Å²) in [6.45, 7) is 6.21. The maximum absolute atomic E-state index is 5.09. The van der Waals surface area contributed by atoms with Gasteiger partial charge in [-0.2, -0.15) is 5.10 Å². The predicted octanol–water partition coefficient (Wildman–Crippen LogP) is 4.72. The Kier molecular flexibility index (Phi) is 5.63. The number of likely N-dealkylation sites (tertiary alicyclic amines) is 2. The van der Waals surface area contributed by atoms with Crippen LogP contribution in [-0.4, -0.2) is 67.3 Å². The summed E-state index contributed by atoms with van der Waals surface area (Å²) in [5.74, 6) is 0.816. The van der Waals surface area contributed by atoms with Gasteiger partial charge in [-0.1, -0.05) is 12.5 Å². The summed E-state index contributed by atoms with van der Waals surface area (Å²) in [5.41, 5.74) is 7.63. The van der Waals surface area contributed by atoms with E-state index in [-0.39, 0.29) is 6.04 Å². The molecule has 36 heavy (non-hydrogen) atoms. The first-order valence-corrected chi connectivity index (χ1v) is 13.3. The second-order valence-corrected chi connectivity index (χ2v) is 10.4. The third-order valence-electron chi connectivity index (χ3n) is 7.89. The normalized spacial score (nSPS) is 20.8. The highest BCUT2D eigenvalue weighted by Gasteiger charge is 2.29. The van der Waals surface area contributed by atoms with Crippen LogP contribution in [0, 0.1) is 0 Å². The average molecular weight is 481 g/mol. The summed E-state index contributed by atoms with van der Waals surface area (Å²) in [6.07, 6.45) is 12.5. The summed E-state index contributed by atoms with van der Waals surface area (Å²) in [5, 5.41) is 8.95. The lowest BCUT2D eigenvalue weighted by atomic mass is 10.0. The fraction of sp³-hybridized carbons (Fsp3) is 0.429. The zero-order chi connectivity index (χ0) is 23.9. The van der Waals surface area contributed by atoms with Crippen molar-refractivity contribution in [2.24, 2.45) is 4.99 Å². The largest absolute Gasteiger partial charge is 0.339 e. The van der Waals surface area contributed by atoms with Crippen molar-refractivity contribution in [1.29, 1.82) is 0 Å². The highest BCUT2D eigenvalue weighted by Crippen LogP contribution is 2.33. The van der Waals surface area contributed by atoms with Crippen LogP contribution in [0.4, 0.5) is 0 Å². The Hall–Kier alpha value is -3.36. The van der Waals surface area contributed by atoms with Gasteiger partial charge in [-0.25, -0.2) is 4.98 Å². The highest BCUT2D eigenvalue weighted by molar-refractivity contribution is 5.94. The van der Waals surface area contributed by atoms with Crippen LogP contribution >= 0.6 is 0 Å². The van der Waals surface area contributed by atoms with E-state index in [1.54, 1.807) is 0 Å². The number of benzene rings is 1. The molecule has 0 aliphatic carbocycles. The molecule has 1 aromatic carbocycles. The maximum atomic E-state index is 5.09. The van der Waals surface area contributed by atoms with Crippen molar-refractivity contribution in [3.8, 4) is 22.6 Å². The number of hydrogen-bond donors (Lipinski definition) is 2. The first-order valence-electron chi connectivity index (χ1n) is 13.3. The van der Waals surface area contributed by atoms with Crippen molar-refractivity contribution in [1.82, 2.24) is 34.9 Å². The van der Waals surface area contributed by atoms with Crippen molar-refractivity contribution >= 4 is 17.1 Å². The molecule has 0 spiro atoms. The average Bonchev–Trinajstić information content (AvgIpc) is 3.68. The van der Waals surface area contributed by atoms with Gasteiger partial charge in [0.25, 0.3) is 0 Å². The van der Waals surface area contributed by atoms with E-state index in [0.717, 1.165) is 64.6 Å². The number of fused-ring (bicyclic) bond motifs is 2. The first kappa shape index (κ1) is 21.9. The minimum Gasteiger partial charge on any atom is -0.339 e. The number of H-pyrrole nitrogens is 2. The molecule has 3 aliphatic rings. The number of aromatic nitrogens is 5. The van der Waals surface area contributed by atoms with Gasteiger partial charge in [-0.05, 0) is 81.2 Å². The third-order valence-corrected chi connectivity index (χ3v) is 7.89. The standard InChI is InChI=1S/C28H32N8/c1-2-10-36(11-3-1)25-17-30-16-24-27(25)32-28(31-24)26-22-13-20(6-7-23(22)33-34-26)21-12-19(14-29-15-21)18-35-8-4-5-9-35/h6-7,12-15,17,25H,1-5,8-11,16,18H2,(H,31,32)(H,33,34). The molecule has 7 rings (SSSR count). The quantitative estimate of drug-likeness (QED) is 0.431. The summed E-state index contributed by atoms with van der Waals surface area (Å²) < 4.78 is 0. The third kappa shape index (κ3) is 4.04. The van der Waals surface area contributed by atoms with Gasteiger partial charge in [0.1, 0.15) is 5.69 Å². The van der Waals surface area contributed by atoms with Crippen LogP contribution in [0.2, 0.25) is 0 Å². The molecule has 0 saturated carbocycles. The minimum atomic E-state index is 0.157. The molecule has 8 nitrogen and oxygen atoms in total. The van der Waals surface area contributed by atoms with Gasteiger partial charge >= 0.3 is 0 Å². The van der Waals surface area contributed by atoms with Gasteiger partial charge in [-0.3, -0.25) is 24.9 Å². The lowest BCUT2D eigenvalue weighted by Crippen LogP contribution is -2.36. The van der Waals surface area contributed by atoms with Crippen LogP contribution in [0.15, 0.2) is 41.7 Å². The molecule has 0 amide bonds. The van der Waals surface area contributed by atoms with E-state index in [4.69, 9.17) is 4.98 Å². The SMILES string of the molecule is C1=NCc2[nH]c(-c3n[nH]c4ccc(-c5cncc(CN6CCCC6)c5)cc34)nc2C1N1CCCCC1. The summed E-state index contributed by atoms with van der Waals surface area (Å²) >= 11 is 0. The van der Waals surface area contributed by atoms with Gasteiger partial charge < -0.3 is 4.98 Å². The molecule has 184 valence electrons. The molecule has 4 aromatic rings. The molecule has 1 atom stereocenters. The van der Waals surface area contributed by atoms with E-state index in [2.05, 4.69) is 65.4 Å². The van der Waals surface area contributed by atoms with Crippen LogP contribution < -0.4 is 0 Å². The fourth-order valence-corrected chi connectivity index (χ4v) is 5.98. The van der Waals surface area contributed by atoms with Gasteiger partial charge in [0.05, 0.1) is 29.5 Å². The van der Waals surface area contributed by atoms with E-state index in [0.29, 0.717) is 6.54 Å². The molecule has 0 bridgehead atoms. The van der Waals surface area contributed by atoms with Crippen molar-refractivity contribution in [2.75, 3.05) is 26.2 Å². The van der Waals surface area contributed by atoms with E-state index < -0.39 is 0 Å². The molecule has 2 fully saturated rings. The van der Waals surface area contributed by atoms with Crippen molar-refractivity contribution in [3.63, 3.8) is 0 Å². The van der Waals surface area contributed by atoms with Gasteiger partial charge in [0, 0.05) is 36.1 Å². The summed E-state index contributed by atoms with van der Waals surface area (Å²) in [7, 11) is 0. The van der Waals surface area contributed by atoms with Crippen LogP contribution in [0.1, 0.15) is 55.1 Å². The number of aromatic amines is 2. The van der Waals surface area contributed by atoms with Crippen LogP contribution in [-0.2, 0) is 13.1 Å². The number of rotatable bonds is 5. The topological polar surface area (TPSA) is 89.1 Å². The van der Waals surface area contributed by atoms with Gasteiger partial charge in [0.15, 0.2) is 5.82 Å². The molecule has 2 N–H and O–H groups in total. The molecule has 1 unspecified atom stereocenters. The number of nitrogens with zero attached hydrogens (tertiary/aromatic N) is 6. The lowest BCUT2D eigenvalue weighted by molar-refractivity contribution is 0.201. The van der Waals surface area contributed by atoms with Crippen LogP contribution in [0.25, 0.3) is 33.5 Å². The number of piperidine rings is 1. The Morgan fingerprint density at radius 3 is 2.67 bits per heavy atom. The molecular weight excluding hydrogens is 448 g/mol. The van der Waals surface area contributed by atoms with Crippen molar-refractivity contribution in [3.05, 3.63) is 53.6 Å². The summed E-state index contributed by atoms with van der Waals surface area (Å²) in [4.78, 5) is 22.9. The second kappa shape index (κ2) is 9.26. The zero-order valence-corrected chi connectivity index (χ0v) is 20.6. The predicted molar refractivity (Wildman–Crippen MR) is 142 cm³/mol. The van der Waals surface area contributed by atoms with Gasteiger partial charge in [-0.15, -0.1) is 0 Å². The number of hydrogen-bond acceptors (Lipinski definition) is 6. The molecular formula is C28H32N8. The fourth-order valence-electron chi connectivity index (χ4n) is 5.98. The Balaban J connectivity index is 1.21. The number of aliphatic imine (C=N–C) groups is 1. The Morgan fingerprint density at radius 2 is 1.78 bits per heavy atom. The molecule has 3 aromatic heterocycles. The first-order chi connectivity index (χ1) is 17.8. The molecule has 6 heterocycles. The molecule has 0 radical (unpaired) electrons. The number of imidazole rings is 1. The zero-order valence-electron chi connectivity index (χ0n) is 20.6. The Labute approximate surface area is 210 Å². The second-order valence-electron chi connectivity index (χ2n) is 10.4. The van der Waals surface area contributed by atoms with Crippen LogP contribution in [0.5, 0.6) is 0 Å². The van der Waals surface area contributed by atoms with Crippen molar-refractivity contribution < 1.29 is 0 Å². The van der Waals surface area contributed by atoms with E-state index in [1.165, 1.54) is 50.8 Å². The maximum Gasteiger partial charge on any atom is 0.159 e. The molecule has 2 saturated heterocycles. The van der Waals surface area contributed by atoms with E-state index in [1.807, 2.05) is 12.4 Å². The minimum absolute atomic E-state index is 0.157. The monoisotopic (exact) mass is 480 g/mol. The summed E-state index contributed by atoms with van der Waals surface area (Å²) in [6, 6.07) is 8.90. The smallest absolute Gasteiger partial charge is 0.159 e. The van der Waals surface area contributed by atoms with Crippen LogP contribution in [0.3, 0.4) is 0 Å².